The van der Waals surface area contributed by atoms with Crippen molar-refractivity contribution in [3.05, 3.63) is 27.8 Å². The summed E-state index contributed by atoms with van der Waals surface area (Å²) in [5, 5.41) is 10.8. The summed E-state index contributed by atoms with van der Waals surface area (Å²) >= 11 is 6.26. The van der Waals surface area contributed by atoms with Crippen LogP contribution in [0.4, 0.5) is 0 Å². The van der Waals surface area contributed by atoms with Crippen LogP contribution < -0.4 is 4.74 Å². The Hall–Kier alpha value is -0.730. The molecular weight excluding hydrogens is 224 g/mol. The number of fused-ring (bicyclic) bond motifs is 3. The van der Waals surface area contributed by atoms with Gasteiger partial charge in [-0.3, -0.25) is 0 Å². The molecule has 86 valence electrons. The van der Waals surface area contributed by atoms with E-state index in [2.05, 4.69) is 13.8 Å². The van der Waals surface area contributed by atoms with E-state index in [-0.39, 0.29) is 5.41 Å². The molecule has 0 aromatic heterocycles. The first-order valence-electron chi connectivity index (χ1n) is 5.67. The van der Waals surface area contributed by atoms with Gasteiger partial charge in [0.2, 0.25) is 0 Å². The van der Waals surface area contributed by atoms with Gasteiger partial charge in [-0.15, -0.1) is 0 Å². The SMILES string of the molecule is CC1(C)CC(O)c2c(Cl)cc3c(c21)OCC3. The van der Waals surface area contributed by atoms with Gasteiger partial charge in [-0.2, -0.15) is 0 Å². The highest BCUT2D eigenvalue weighted by atomic mass is 35.5. The van der Waals surface area contributed by atoms with E-state index in [1.165, 1.54) is 5.56 Å². The summed E-state index contributed by atoms with van der Waals surface area (Å²) in [6.07, 6.45) is 1.20. The summed E-state index contributed by atoms with van der Waals surface area (Å²) in [5.41, 5.74) is 3.15. The summed E-state index contributed by atoms with van der Waals surface area (Å²) < 4.78 is 5.71. The third-order valence-corrected chi connectivity index (χ3v) is 3.99. The van der Waals surface area contributed by atoms with Gasteiger partial charge < -0.3 is 9.84 Å². The fraction of sp³-hybridized carbons (Fsp3) is 0.538. The van der Waals surface area contributed by atoms with Crippen LogP contribution >= 0.6 is 11.6 Å². The third-order valence-electron chi connectivity index (χ3n) is 3.68. The van der Waals surface area contributed by atoms with Crippen molar-refractivity contribution in [1.82, 2.24) is 0 Å². The molecule has 1 aromatic rings. The largest absolute Gasteiger partial charge is 0.493 e. The molecule has 1 atom stereocenters. The highest BCUT2D eigenvalue weighted by molar-refractivity contribution is 6.31. The van der Waals surface area contributed by atoms with Crippen LogP contribution in [0.3, 0.4) is 0 Å². The quantitative estimate of drug-likeness (QED) is 0.753. The molecule has 1 unspecified atom stereocenters. The lowest BCUT2D eigenvalue weighted by atomic mass is 9.85. The van der Waals surface area contributed by atoms with Crippen molar-refractivity contribution >= 4 is 11.6 Å². The van der Waals surface area contributed by atoms with Crippen LogP contribution in [-0.2, 0) is 11.8 Å². The fourth-order valence-electron chi connectivity index (χ4n) is 3.00. The van der Waals surface area contributed by atoms with E-state index >= 15 is 0 Å². The predicted octanol–water partition coefficient (Wildman–Crippen LogP) is 2.99. The molecule has 2 nitrogen and oxygen atoms in total. The van der Waals surface area contributed by atoms with Crippen molar-refractivity contribution in [1.29, 1.82) is 0 Å². The van der Waals surface area contributed by atoms with Crippen molar-refractivity contribution in [3.63, 3.8) is 0 Å². The second-order valence-electron chi connectivity index (χ2n) is 5.34. The predicted molar refractivity (Wildman–Crippen MR) is 63.3 cm³/mol. The number of rotatable bonds is 0. The number of halogens is 1. The van der Waals surface area contributed by atoms with Crippen LogP contribution in [0.25, 0.3) is 0 Å². The van der Waals surface area contributed by atoms with Crippen LogP contribution in [0.2, 0.25) is 5.02 Å². The maximum atomic E-state index is 10.1. The lowest BCUT2D eigenvalue weighted by molar-refractivity contribution is 0.161. The third kappa shape index (κ3) is 1.23. The summed E-state index contributed by atoms with van der Waals surface area (Å²) in [6, 6.07) is 1.95. The van der Waals surface area contributed by atoms with E-state index in [4.69, 9.17) is 16.3 Å². The Balaban J connectivity index is 2.33. The first-order chi connectivity index (χ1) is 7.50. The van der Waals surface area contributed by atoms with Crippen molar-refractivity contribution in [2.75, 3.05) is 6.61 Å². The second kappa shape index (κ2) is 3.14. The first-order valence-corrected chi connectivity index (χ1v) is 6.05. The van der Waals surface area contributed by atoms with E-state index < -0.39 is 6.10 Å². The maximum absolute atomic E-state index is 10.1. The zero-order valence-electron chi connectivity index (χ0n) is 9.51. The molecule has 3 rings (SSSR count). The Bertz CT molecular complexity index is 465. The number of hydrogen-bond donors (Lipinski definition) is 1. The Morgan fingerprint density at radius 1 is 1.50 bits per heavy atom. The Morgan fingerprint density at radius 2 is 2.25 bits per heavy atom. The fourth-order valence-corrected chi connectivity index (χ4v) is 3.35. The van der Waals surface area contributed by atoms with Crippen LogP contribution in [0.5, 0.6) is 5.75 Å². The summed E-state index contributed by atoms with van der Waals surface area (Å²) in [5.74, 6) is 0.973. The smallest absolute Gasteiger partial charge is 0.126 e. The van der Waals surface area contributed by atoms with Gasteiger partial charge in [0.05, 0.1) is 12.7 Å². The molecule has 0 saturated heterocycles. The van der Waals surface area contributed by atoms with Crippen molar-refractivity contribution in [3.8, 4) is 5.75 Å². The van der Waals surface area contributed by atoms with Gasteiger partial charge in [0.25, 0.3) is 0 Å². The Morgan fingerprint density at radius 3 is 3.00 bits per heavy atom. The average molecular weight is 239 g/mol. The van der Waals surface area contributed by atoms with Gasteiger partial charge in [0.15, 0.2) is 0 Å². The lowest BCUT2D eigenvalue weighted by Gasteiger charge is -2.21. The first kappa shape index (κ1) is 10.4. The monoisotopic (exact) mass is 238 g/mol. The maximum Gasteiger partial charge on any atom is 0.126 e. The summed E-state index contributed by atoms with van der Waals surface area (Å²) in [4.78, 5) is 0. The minimum absolute atomic E-state index is 0.0475. The van der Waals surface area contributed by atoms with Gasteiger partial charge in [-0.05, 0) is 23.5 Å². The van der Waals surface area contributed by atoms with Crippen molar-refractivity contribution < 1.29 is 9.84 Å². The molecule has 0 fully saturated rings. The molecule has 1 aliphatic heterocycles. The minimum Gasteiger partial charge on any atom is -0.493 e. The number of hydrogen-bond acceptors (Lipinski definition) is 2. The zero-order valence-corrected chi connectivity index (χ0v) is 10.3. The van der Waals surface area contributed by atoms with Gasteiger partial charge >= 0.3 is 0 Å². The summed E-state index contributed by atoms with van der Waals surface area (Å²) in [6.45, 7) is 5.01. The molecule has 0 amide bonds. The normalized spacial score (nSPS) is 25.1. The van der Waals surface area contributed by atoms with Crippen LogP contribution in [0.15, 0.2) is 6.07 Å². The molecule has 0 saturated carbocycles. The molecule has 3 heteroatoms. The molecule has 1 N–H and O–H groups in total. The van der Waals surface area contributed by atoms with E-state index in [0.29, 0.717) is 5.02 Å². The van der Waals surface area contributed by atoms with Gasteiger partial charge in [-0.25, -0.2) is 0 Å². The van der Waals surface area contributed by atoms with Gasteiger partial charge in [0.1, 0.15) is 5.75 Å². The number of aliphatic hydroxyl groups excluding tert-OH is 1. The topological polar surface area (TPSA) is 29.5 Å². The van der Waals surface area contributed by atoms with Gasteiger partial charge in [-0.1, -0.05) is 25.4 Å². The van der Waals surface area contributed by atoms with E-state index in [9.17, 15) is 5.11 Å². The Kier molecular flexibility index (Phi) is 2.05. The minimum atomic E-state index is -0.452. The van der Waals surface area contributed by atoms with Crippen molar-refractivity contribution in [2.24, 2.45) is 0 Å². The zero-order chi connectivity index (χ0) is 11.5. The second-order valence-corrected chi connectivity index (χ2v) is 5.74. The highest BCUT2D eigenvalue weighted by Crippen LogP contribution is 2.53. The molecule has 1 aliphatic carbocycles. The summed E-state index contributed by atoms with van der Waals surface area (Å²) in [7, 11) is 0. The Labute approximate surface area is 100 Å². The van der Waals surface area contributed by atoms with Gasteiger partial charge in [0, 0.05) is 22.6 Å². The number of aliphatic hydroxyl groups is 1. The molecule has 1 aromatic carbocycles. The average Bonchev–Trinajstić information content (AvgIpc) is 2.68. The van der Waals surface area contributed by atoms with Crippen LogP contribution in [0.1, 0.15) is 43.1 Å². The molecule has 0 radical (unpaired) electrons. The molecule has 1 heterocycles. The number of ether oxygens (including phenoxy) is 1. The highest BCUT2D eigenvalue weighted by Gasteiger charge is 2.42. The molecule has 16 heavy (non-hydrogen) atoms. The van der Waals surface area contributed by atoms with E-state index in [1.807, 2.05) is 6.07 Å². The molecule has 2 aliphatic rings. The van der Waals surface area contributed by atoms with Crippen LogP contribution in [0, 0.1) is 0 Å². The molecular formula is C13H15ClO2. The molecule has 0 spiro atoms. The van der Waals surface area contributed by atoms with Crippen LogP contribution in [-0.4, -0.2) is 11.7 Å². The standard InChI is InChI=1S/C13H15ClO2/c1-13(2)6-9(15)10-8(14)5-7-3-4-16-12(7)11(10)13/h5,9,15H,3-4,6H2,1-2H3. The van der Waals surface area contributed by atoms with Crippen molar-refractivity contribution in [2.45, 2.75) is 38.2 Å². The number of benzene rings is 1. The lowest BCUT2D eigenvalue weighted by Crippen LogP contribution is -2.13. The molecule has 0 bridgehead atoms. The van der Waals surface area contributed by atoms with E-state index in [1.54, 1.807) is 0 Å². The van der Waals surface area contributed by atoms with E-state index in [0.717, 1.165) is 36.3 Å².